The van der Waals surface area contributed by atoms with Crippen LogP contribution in [0.1, 0.15) is 30.9 Å². The van der Waals surface area contributed by atoms with Crippen LogP contribution in [-0.2, 0) is 24.8 Å². The third-order valence-electron chi connectivity index (χ3n) is 3.49. The third kappa shape index (κ3) is 2.66. The molecule has 2 unspecified atom stereocenters. The van der Waals surface area contributed by atoms with Gasteiger partial charge < -0.3 is 14.2 Å². The van der Waals surface area contributed by atoms with Gasteiger partial charge >= 0.3 is 13.6 Å². The van der Waals surface area contributed by atoms with Crippen LogP contribution in [0, 0.1) is 0 Å². The molecule has 0 aliphatic heterocycles. The molecule has 5 nitrogen and oxygen atoms in total. The van der Waals surface area contributed by atoms with Gasteiger partial charge in [-0.05, 0) is 31.4 Å². The number of carbonyl (C=O) groups is 1. The average molecular weight is 298 g/mol. The molecule has 0 bridgehead atoms. The predicted octanol–water partition coefficient (Wildman–Crippen LogP) is 3.05. The van der Waals surface area contributed by atoms with Gasteiger partial charge in [0.15, 0.2) is 0 Å². The SMILES string of the molecule is CCOP(=O)(OCC)C1Cc2ccccc2C1C(=O)O. The highest BCUT2D eigenvalue weighted by atomic mass is 31.2. The Kier molecular flexibility index (Phi) is 4.63. The largest absolute Gasteiger partial charge is 0.481 e. The molecule has 2 atom stereocenters. The lowest BCUT2D eigenvalue weighted by molar-refractivity contribution is -0.138. The number of aliphatic carboxylic acids is 1. The number of fused-ring (bicyclic) bond motifs is 1. The highest BCUT2D eigenvalue weighted by molar-refractivity contribution is 7.54. The number of hydrogen-bond donors (Lipinski definition) is 1. The summed E-state index contributed by atoms with van der Waals surface area (Å²) >= 11 is 0. The molecular formula is C14H19O5P. The van der Waals surface area contributed by atoms with Gasteiger partial charge in [-0.15, -0.1) is 0 Å². The molecule has 1 aromatic carbocycles. The van der Waals surface area contributed by atoms with Crippen LogP contribution in [0.15, 0.2) is 24.3 Å². The average Bonchev–Trinajstić information content (AvgIpc) is 2.79. The van der Waals surface area contributed by atoms with Crippen molar-refractivity contribution in [3.8, 4) is 0 Å². The van der Waals surface area contributed by atoms with Gasteiger partial charge in [0.05, 0.1) is 24.8 Å². The lowest BCUT2D eigenvalue weighted by Gasteiger charge is -2.26. The lowest BCUT2D eigenvalue weighted by Crippen LogP contribution is -2.24. The van der Waals surface area contributed by atoms with E-state index in [4.69, 9.17) is 9.05 Å². The standard InChI is InChI=1S/C14H19O5P/c1-3-18-20(17,19-4-2)12-9-10-7-5-6-8-11(10)13(12)14(15)16/h5-8,12-13H,3-4,9H2,1-2H3,(H,15,16). The fourth-order valence-electron chi connectivity index (χ4n) is 2.75. The van der Waals surface area contributed by atoms with E-state index in [1.807, 2.05) is 12.1 Å². The zero-order valence-electron chi connectivity index (χ0n) is 11.6. The van der Waals surface area contributed by atoms with Crippen LogP contribution in [0.5, 0.6) is 0 Å². The molecule has 0 saturated heterocycles. The Morgan fingerprint density at radius 2 is 1.90 bits per heavy atom. The second kappa shape index (κ2) is 6.08. The van der Waals surface area contributed by atoms with Gasteiger partial charge in [0.1, 0.15) is 0 Å². The zero-order valence-corrected chi connectivity index (χ0v) is 12.5. The van der Waals surface area contributed by atoms with Crippen molar-refractivity contribution in [2.75, 3.05) is 13.2 Å². The first-order valence-corrected chi connectivity index (χ1v) is 8.34. The minimum Gasteiger partial charge on any atom is -0.481 e. The van der Waals surface area contributed by atoms with E-state index in [-0.39, 0.29) is 13.2 Å². The molecule has 0 spiro atoms. The molecular weight excluding hydrogens is 279 g/mol. The van der Waals surface area contributed by atoms with E-state index < -0.39 is 25.1 Å². The molecule has 1 aliphatic carbocycles. The minimum atomic E-state index is -3.44. The molecule has 0 amide bonds. The van der Waals surface area contributed by atoms with Gasteiger partial charge in [-0.25, -0.2) is 0 Å². The lowest BCUT2D eigenvalue weighted by atomic mass is 10.0. The van der Waals surface area contributed by atoms with E-state index in [1.165, 1.54) is 0 Å². The first-order valence-electron chi connectivity index (χ1n) is 6.73. The molecule has 110 valence electrons. The Morgan fingerprint density at radius 1 is 1.30 bits per heavy atom. The van der Waals surface area contributed by atoms with Crippen LogP contribution in [0.4, 0.5) is 0 Å². The summed E-state index contributed by atoms with van der Waals surface area (Å²) < 4.78 is 23.6. The van der Waals surface area contributed by atoms with Crippen LogP contribution >= 0.6 is 7.60 Å². The van der Waals surface area contributed by atoms with Gasteiger partial charge in [-0.1, -0.05) is 24.3 Å². The van der Waals surface area contributed by atoms with Crippen LogP contribution in [0.3, 0.4) is 0 Å². The third-order valence-corrected chi connectivity index (χ3v) is 6.02. The number of carboxylic acid groups (broad SMARTS) is 1. The maximum Gasteiger partial charge on any atom is 0.335 e. The molecule has 0 heterocycles. The summed E-state index contributed by atoms with van der Waals surface area (Å²) in [6, 6.07) is 7.29. The van der Waals surface area contributed by atoms with Gasteiger partial charge in [-0.3, -0.25) is 9.36 Å². The van der Waals surface area contributed by atoms with E-state index in [9.17, 15) is 14.5 Å². The summed E-state index contributed by atoms with van der Waals surface area (Å²) in [7, 11) is -3.44. The molecule has 20 heavy (non-hydrogen) atoms. The molecule has 0 radical (unpaired) electrons. The van der Waals surface area contributed by atoms with Crippen molar-refractivity contribution in [1.82, 2.24) is 0 Å². The fraction of sp³-hybridized carbons (Fsp3) is 0.500. The van der Waals surface area contributed by atoms with Crippen LogP contribution < -0.4 is 0 Å². The molecule has 1 aliphatic rings. The highest BCUT2D eigenvalue weighted by Crippen LogP contribution is 2.61. The predicted molar refractivity (Wildman–Crippen MR) is 75.2 cm³/mol. The number of rotatable bonds is 6. The molecule has 0 fully saturated rings. The van der Waals surface area contributed by atoms with E-state index in [0.29, 0.717) is 12.0 Å². The van der Waals surface area contributed by atoms with Gasteiger partial charge in [0.2, 0.25) is 0 Å². The summed E-state index contributed by atoms with van der Waals surface area (Å²) in [4.78, 5) is 11.6. The molecule has 2 rings (SSSR count). The first-order chi connectivity index (χ1) is 9.53. The Hall–Kier alpha value is -1.16. The maximum absolute atomic E-state index is 12.9. The summed E-state index contributed by atoms with van der Waals surface area (Å²) in [5.41, 5.74) is 0.964. The molecule has 1 N–H and O–H groups in total. The fourth-order valence-corrected chi connectivity index (χ4v) is 5.01. The van der Waals surface area contributed by atoms with Crippen molar-refractivity contribution in [1.29, 1.82) is 0 Å². The second-order valence-corrected chi connectivity index (χ2v) is 6.92. The Labute approximate surface area is 118 Å². The van der Waals surface area contributed by atoms with E-state index >= 15 is 0 Å². The zero-order chi connectivity index (χ0) is 14.8. The van der Waals surface area contributed by atoms with E-state index in [0.717, 1.165) is 5.56 Å². The maximum atomic E-state index is 12.9. The normalized spacial score (nSPS) is 21.7. The Balaban J connectivity index is 2.42. The summed E-state index contributed by atoms with van der Waals surface area (Å²) in [5, 5.41) is 9.50. The van der Waals surface area contributed by atoms with Gasteiger partial charge in [0.25, 0.3) is 0 Å². The minimum absolute atomic E-state index is 0.233. The summed E-state index contributed by atoms with van der Waals surface area (Å²) in [5.74, 6) is -1.82. The second-order valence-electron chi connectivity index (χ2n) is 4.66. The Bertz CT molecular complexity index is 532. The van der Waals surface area contributed by atoms with Gasteiger partial charge in [0, 0.05) is 0 Å². The van der Waals surface area contributed by atoms with Crippen molar-refractivity contribution in [3.05, 3.63) is 35.4 Å². The van der Waals surface area contributed by atoms with E-state index in [2.05, 4.69) is 0 Å². The molecule has 0 saturated carbocycles. The van der Waals surface area contributed by atoms with Crippen LogP contribution in [-0.4, -0.2) is 29.9 Å². The van der Waals surface area contributed by atoms with Crippen LogP contribution in [0.25, 0.3) is 0 Å². The number of carboxylic acids is 1. The smallest absolute Gasteiger partial charge is 0.335 e. The van der Waals surface area contributed by atoms with E-state index in [1.54, 1.807) is 26.0 Å². The van der Waals surface area contributed by atoms with Crippen LogP contribution in [0.2, 0.25) is 0 Å². The van der Waals surface area contributed by atoms with Crippen molar-refractivity contribution in [2.45, 2.75) is 31.8 Å². The quantitative estimate of drug-likeness (QED) is 0.817. The van der Waals surface area contributed by atoms with Crippen molar-refractivity contribution >= 4 is 13.6 Å². The Morgan fingerprint density at radius 3 is 2.45 bits per heavy atom. The first kappa shape index (κ1) is 15.2. The molecule has 1 aromatic rings. The highest BCUT2D eigenvalue weighted by Gasteiger charge is 2.49. The van der Waals surface area contributed by atoms with Crippen molar-refractivity contribution < 1.29 is 23.5 Å². The van der Waals surface area contributed by atoms with Gasteiger partial charge in [-0.2, -0.15) is 0 Å². The molecule has 0 aromatic heterocycles. The monoisotopic (exact) mass is 298 g/mol. The van der Waals surface area contributed by atoms with Crippen molar-refractivity contribution in [3.63, 3.8) is 0 Å². The summed E-state index contributed by atoms with van der Waals surface area (Å²) in [6.07, 6.45) is 0.407. The summed E-state index contributed by atoms with van der Waals surface area (Å²) in [6.45, 7) is 3.92. The topological polar surface area (TPSA) is 72.8 Å². The number of hydrogen-bond acceptors (Lipinski definition) is 4. The van der Waals surface area contributed by atoms with Crippen molar-refractivity contribution in [2.24, 2.45) is 0 Å². The number of benzene rings is 1. The molecule has 6 heteroatoms.